The van der Waals surface area contributed by atoms with Gasteiger partial charge in [-0.25, -0.2) is 12.8 Å². The monoisotopic (exact) mass is 408 g/mol. The minimum atomic E-state index is -3.27. The van der Waals surface area contributed by atoms with Crippen molar-refractivity contribution in [3.05, 3.63) is 75.1 Å². The van der Waals surface area contributed by atoms with Crippen LogP contribution in [0.15, 0.2) is 47.5 Å². The van der Waals surface area contributed by atoms with Crippen molar-refractivity contribution in [2.75, 3.05) is 13.3 Å². The number of rotatable bonds is 7. The molecule has 0 fully saturated rings. The third-order valence-electron chi connectivity index (χ3n) is 3.84. The highest BCUT2D eigenvalue weighted by Crippen LogP contribution is 2.15. The number of halogens is 1. The Hall–Kier alpha value is -3.01. The van der Waals surface area contributed by atoms with Crippen LogP contribution in [0.5, 0.6) is 0 Å². The van der Waals surface area contributed by atoms with Crippen molar-refractivity contribution >= 4 is 21.5 Å². The Balaban J connectivity index is 2.04. The molecule has 2 rings (SSSR count). The number of guanidine groups is 1. The number of nitrogens with zero attached hydrogens (tertiary/aromatic N) is 2. The van der Waals surface area contributed by atoms with Crippen LogP contribution in [0.2, 0.25) is 0 Å². The van der Waals surface area contributed by atoms with Crippen LogP contribution >= 0.6 is 0 Å². The first kappa shape index (κ1) is 21.3. The Bertz CT molecular complexity index is 993. The van der Waals surface area contributed by atoms with Gasteiger partial charge >= 0.3 is 0 Å². The van der Waals surface area contributed by atoms with Crippen molar-refractivity contribution in [2.24, 2.45) is 4.99 Å². The lowest BCUT2D eigenvalue weighted by Crippen LogP contribution is -2.36. The Morgan fingerprint density at radius 2 is 1.86 bits per heavy atom. The molecule has 0 atom stereocenters. The maximum atomic E-state index is 13.6. The van der Waals surface area contributed by atoms with Gasteiger partial charge in [-0.3, -0.25) is 15.1 Å². The second-order valence-corrected chi connectivity index (χ2v) is 8.33. The van der Waals surface area contributed by atoms with E-state index in [1.165, 1.54) is 30.3 Å². The zero-order chi connectivity index (χ0) is 20.7. The van der Waals surface area contributed by atoms with Gasteiger partial charge in [0.15, 0.2) is 15.8 Å². The summed E-state index contributed by atoms with van der Waals surface area (Å²) in [7, 11) is -1.72. The van der Waals surface area contributed by atoms with Crippen LogP contribution in [0.4, 0.5) is 10.1 Å². The van der Waals surface area contributed by atoms with Crippen molar-refractivity contribution in [1.29, 1.82) is 0 Å². The quantitative estimate of drug-likeness (QED) is 0.314. The fourth-order valence-electron chi connectivity index (χ4n) is 2.55. The van der Waals surface area contributed by atoms with Crippen LogP contribution in [0.1, 0.15) is 16.7 Å². The van der Waals surface area contributed by atoms with Gasteiger partial charge < -0.3 is 10.6 Å². The molecule has 8 nitrogen and oxygen atoms in total. The van der Waals surface area contributed by atoms with E-state index in [0.717, 1.165) is 6.26 Å². The van der Waals surface area contributed by atoms with E-state index < -0.39 is 20.6 Å². The highest BCUT2D eigenvalue weighted by atomic mass is 32.2. The molecular weight excluding hydrogens is 387 g/mol. The topological polar surface area (TPSA) is 114 Å². The number of nitro benzene ring substituents is 1. The predicted molar refractivity (Wildman–Crippen MR) is 105 cm³/mol. The number of sulfone groups is 1. The van der Waals surface area contributed by atoms with E-state index >= 15 is 0 Å². The Kier molecular flexibility index (Phi) is 7.05. The van der Waals surface area contributed by atoms with Crippen molar-refractivity contribution in [3.63, 3.8) is 0 Å². The van der Waals surface area contributed by atoms with Gasteiger partial charge in [-0.15, -0.1) is 0 Å². The first-order valence-corrected chi connectivity index (χ1v) is 10.4. The average molecular weight is 408 g/mol. The molecular formula is C18H21FN4O4S. The van der Waals surface area contributed by atoms with Gasteiger partial charge in [0.2, 0.25) is 0 Å². The molecule has 0 saturated heterocycles. The molecule has 0 unspecified atom stereocenters. The zero-order valence-electron chi connectivity index (χ0n) is 15.5. The number of nitro groups is 1. The standard InChI is InChI=1S/C18H21FN4O4S/c1-20-18(21-10-13-4-3-5-17(8-13)23(24)25)22-11-15-9-16(19)7-6-14(15)12-28(2,26)27/h3-9H,10-12H2,1-2H3,(H2,20,21,22). The molecule has 150 valence electrons. The molecule has 0 amide bonds. The molecule has 2 aromatic rings. The van der Waals surface area contributed by atoms with E-state index in [0.29, 0.717) is 29.2 Å². The lowest BCUT2D eigenvalue weighted by atomic mass is 10.1. The van der Waals surface area contributed by atoms with Gasteiger partial charge in [0, 0.05) is 38.5 Å². The van der Waals surface area contributed by atoms with Crippen molar-refractivity contribution < 1.29 is 17.7 Å². The maximum absolute atomic E-state index is 13.6. The van der Waals surface area contributed by atoms with Crippen LogP contribution < -0.4 is 10.6 Å². The van der Waals surface area contributed by atoms with E-state index in [4.69, 9.17) is 0 Å². The first-order valence-electron chi connectivity index (χ1n) is 8.31. The van der Waals surface area contributed by atoms with Crippen LogP contribution in [-0.4, -0.2) is 32.6 Å². The molecule has 0 aliphatic carbocycles. The molecule has 2 aromatic carbocycles. The van der Waals surface area contributed by atoms with E-state index in [9.17, 15) is 22.9 Å². The summed E-state index contributed by atoms with van der Waals surface area (Å²) in [6.45, 7) is 0.456. The molecule has 0 saturated carbocycles. The van der Waals surface area contributed by atoms with Gasteiger partial charge in [-0.1, -0.05) is 18.2 Å². The van der Waals surface area contributed by atoms with E-state index in [-0.39, 0.29) is 18.0 Å². The number of benzene rings is 2. The van der Waals surface area contributed by atoms with Gasteiger partial charge in [0.1, 0.15) is 5.82 Å². The minimum absolute atomic E-state index is 0.00701. The summed E-state index contributed by atoms with van der Waals surface area (Å²) in [6, 6.07) is 10.1. The van der Waals surface area contributed by atoms with Crippen LogP contribution in [0.3, 0.4) is 0 Å². The summed E-state index contributed by atoms with van der Waals surface area (Å²) in [5, 5.41) is 16.8. The fraction of sp³-hybridized carbons (Fsp3) is 0.278. The number of hydrogen-bond donors (Lipinski definition) is 2. The zero-order valence-corrected chi connectivity index (χ0v) is 16.3. The number of nitrogens with one attached hydrogen (secondary N) is 2. The first-order chi connectivity index (χ1) is 13.2. The highest BCUT2D eigenvalue weighted by molar-refractivity contribution is 7.89. The number of non-ortho nitro benzene ring substituents is 1. The summed E-state index contributed by atoms with van der Waals surface area (Å²) in [6.07, 6.45) is 1.12. The molecule has 0 spiro atoms. The molecule has 0 aliphatic heterocycles. The molecule has 0 bridgehead atoms. The van der Waals surface area contributed by atoms with Crippen molar-refractivity contribution in [3.8, 4) is 0 Å². The van der Waals surface area contributed by atoms with Gasteiger partial charge in [0.05, 0.1) is 10.7 Å². The molecule has 2 N–H and O–H groups in total. The summed E-state index contributed by atoms with van der Waals surface area (Å²) >= 11 is 0. The van der Waals surface area contributed by atoms with Gasteiger partial charge in [-0.05, 0) is 28.8 Å². The third-order valence-corrected chi connectivity index (χ3v) is 4.67. The van der Waals surface area contributed by atoms with E-state index in [1.807, 2.05) is 0 Å². The van der Waals surface area contributed by atoms with Crippen molar-refractivity contribution in [1.82, 2.24) is 10.6 Å². The molecule has 28 heavy (non-hydrogen) atoms. The number of hydrogen-bond acceptors (Lipinski definition) is 5. The highest BCUT2D eigenvalue weighted by Gasteiger charge is 2.11. The summed E-state index contributed by atoms with van der Waals surface area (Å²) in [4.78, 5) is 14.4. The molecule has 0 radical (unpaired) electrons. The van der Waals surface area contributed by atoms with Crippen LogP contribution in [0, 0.1) is 15.9 Å². The fourth-order valence-corrected chi connectivity index (χ4v) is 3.39. The molecule has 0 heterocycles. The smallest absolute Gasteiger partial charge is 0.269 e. The molecule has 0 aliphatic rings. The SMILES string of the molecule is CN=C(NCc1cccc([N+](=O)[O-])c1)NCc1cc(F)ccc1CS(C)(=O)=O. The Morgan fingerprint density at radius 1 is 1.14 bits per heavy atom. The molecule has 0 aromatic heterocycles. The van der Waals surface area contributed by atoms with Crippen LogP contribution in [-0.2, 0) is 28.7 Å². The predicted octanol–water partition coefficient (Wildman–Crippen LogP) is 2.14. The molecule has 10 heteroatoms. The minimum Gasteiger partial charge on any atom is -0.352 e. The lowest BCUT2D eigenvalue weighted by Gasteiger charge is -2.14. The second-order valence-electron chi connectivity index (χ2n) is 6.19. The Morgan fingerprint density at radius 3 is 2.50 bits per heavy atom. The number of aliphatic imine (C=N–C) groups is 1. The Labute approximate surface area is 162 Å². The maximum Gasteiger partial charge on any atom is 0.269 e. The van der Waals surface area contributed by atoms with Crippen LogP contribution in [0.25, 0.3) is 0 Å². The second kappa shape index (κ2) is 9.27. The van der Waals surface area contributed by atoms with Gasteiger partial charge in [0.25, 0.3) is 5.69 Å². The van der Waals surface area contributed by atoms with Gasteiger partial charge in [-0.2, -0.15) is 0 Å². The largest absolute Gasteiger partial charge is 0.352 e. The normalized spacial score (nSPS) is 11.9. The summed E-state index contributed by atoms with van der Waals surface area (Å²) in [5.74, 6) is -0.265. The van der Waals surface area contributed by atoms with Crippen molar-refractivity contribution in [2.45, 2.75) is 18.8 Å². The van der Waals surface area contributed by atoms with E-state index in [2.05, 4.69) is 15.6 Å². The van der Waals surface area contributed by atoms with E-state index in [1.54, 1.807) is 19.2 Å². The third kappa shape index (κ3) is 6.62. The summed E-state index contributed by atoms with van der Waals surface area (Å²) < 4.78 is 36.7. The summed E-state index contributed by atoms with van der Waals surface area (Å²) in [5.41, 5.74) is 1.70. The lowest BCUT2D eigenvalue weighted by molar-refractivity contribution is -0.384. The average Bonchev–Trinajstić information content (AvgIpc) is 2.63.